The Hall–Kier alpha value is -1.72. The second kappa shape index (κ2) is 6.83. The van der Waals surface area contributed by atoms with Gasteiger partial charge in [0.15, 0.2) is 0 Å². The number of rotatable bonds is 5. The van der Waals surface area contributed by atoms with E-state index < -0.39 is 0 Å². The maximum absolute atomic E-state index is 11.1. The summed E-state index contributed by atoms with van der Waals surface area (Å²) in [6.07, 6.45) is 0.579. The maximum atomic E-state index is 11.1. The Balaban J connectivity index is 2.34. The third-order valence-electron chi connectivity index (χ3n) is 3.57. The van der Waals surface area contributed by atoms with Crippen LogP contribution in [0.3, 0.4) is 0 Å². The van der Waals surface area contributed by atoms with E-state index in [2.05, 4.69) is 33.4 Å². The van der Waals surface area contributed by atoms with Crippen molar-refractivity contribution in [1.82, 2.24) is 5.32 Å². The van der Waals surface area contributed by atoms with Crippen molar-refractivity contribution in [1.29, 1.82) is 0 Å². The molecule has 0 heterocycles. The molecular formula is C16H17BrN2O2. The highest BCUT2D eigenvalue weighted by atomic mass is 79.9. The minimum Gasteiger partial charge on any atom is -0.313 e. The molecule has 1 atom stereocenters. The zero-order valence-electron chi connectivity index (χ0n) is 12.0. The predicted molar refractivity (Wildman–Crippen MR) is 87.5 cm³/mol. The fraction of sp³-hybridized carbons (Fsp3) is 0.250. The molecule has 21 heavy (non-hydrogen) atoms. The van der Waals surface area contributed by atoms with Gasteiger partial charge in [0.05, 0.1) is 4.92 Å². The molecule has 2 aromatic rings. The minimum atomic E-state index is -0.323. The zero-order valence-corrected chi connectivity index (χ0v) is 13.6. The summed E-state index contributed by atoms with van der Waals surface area (Å²) < 4.78 is 1.03. The smallest absolute Gasteiger partial charge is 0.272 e. The Morgan fingerprint density at radius 3 is 2.62 bits per heavy atom. The zero-order chi connectivity index (χ0) is 15.4. The number of hydrogen-bond donors (Lipinski definition) is 1. The van der Waals surface area contributed by atoms with E-state index in [-0.39, 0.29) is 16.7 Å². The number of nitro benzene ring substituents is 1. The van der Waals surface area contributed by atoms with E-state index in [1.54, 1.807) is 12.1 Å². The van der Waals surface area contributed by atoms with E-state index in [4.69, 9.17) is 0 Å². The van der Waals surface area contributed by atoms with Crippen LogP contribution in [0.2, 0.25) is 0 Å². The number of likely N-dealkylation sites (N-methyl/N-ethyl adjacent to an activating group) is 1. The van der Waals surface area contributed by atoms with Crippen LogP contribution in [0.1, 0.15) is 22.7 Å². The van der Waals surface area contributed by atoms with Crippen LogP contribution in [0, 0.1) is 17.0 Å². The van der Waals surface area contributed by atoms with Crippen molar-refractivity contribution < 1.29 is 4.92 Å². The van der Waals surface area contributed by atoms with Crippen LogP contribution in [0.15, 0.2) is 46.9 Å². The first-order chi connectivity index (χ1) is 10.0. The molecule has 0 aliphatic heterocycles. The summed E-state index contributed by atoms with van der Waals surface area (Å²) in [5.74, 6) is 0. The first kappa shape index (κ1) is 15.7. The standard InChI is InChI=1S/C16H17BrN2O2/c1-11-9-13(17)7-8-14(11)15(18-2)10-12-5-3-4-6-16(12)19(20)21/h3-9,15,18H,10H2,1-2H3. The molecule has 110 valence electrons. The van der Waals surface area contributed by atoms with Crippen molar-refractivity contribution in [3.8, 4) is 0 Å². The quantitative estimate of drug-likeness (QED) is 0.651. The van der Waals surface area contributed by atoms with Crippen molar-refractivity contribution in [2.45, 2.75) is 19.4 Å². The van der Waals surface area contributed by atoms with Crippen LogP contribution in [0.5, 0.6) is 0 Å². The number of nitro groups is 1. The Labute approximate surface area is 132 Å². The highest BCUT2D eigenvalue weighted by molar-refractivity contribution is 9.10. The molecular weight excluding hydrogens is 332 g/mol. The summed E-state index contributed by atoms with van der Waals surface area (Å²) in [5.41, 5.74) is 3.22. The van der Waals surface area contributed by atoms with Crippen LogP contribution >= 0.6 is 15.9 Å². The third kappa shape index (κ3) is 3.68. The lowest BCUT2D eigenvalue weighted by molar-refractivity contribution is -0.385. The molecule has 1 N–H and O–H groups in total. The predicted octanol–water partition coefficient (Wildman–Crippen LogP) is 4.17. The normalized spacial score (nSPS) is 12.1. The van der Waals surface area contributed by atoms with Crippen molar-refractivity contribution in [3.05, 3.63) is 73.7 Å². The number of aryl methyl sites for hydroxylation is 1. The van der Waals surface area contributed by atoms with Gasteiger partial charge in [-0.05, 0) is 43.7 Å². The van der Waals surface area contributed by atoms with Gasteiger partial charge in [-0.3, -0.25) is 10.1 Å². The second-order valence-electron chi connectivity index (χ2n) is 4.93. The third-order valence-corrected chi connectivity index (χ3v) is 4.06. The molecule has 0 saturated carbocycles. The topological polar surface area (TPSA) is 55.2 Å². The SMILES string of the molecule is CNC(Cc1ccccc1[N+](=O)[O-])c1ccc(Br)cc1C. The first-order valence-electron chi connectivity index (χ1n) is 6.68. The number of hydrogen-bond acceptors (Lipinski definition) is 3. The highest BCUT2D eigenvalue weighted by Crippen LogP contribution is 2.27. The van der Waals surface area contributed by atoms with Gasteiger partial charge in [-0.25, -0.2) is 0 Å². The number of nitrogens with zero attached hydrogens (tertiary/aromatic N) is 1. The number of para-hydroxylation sites is 1. The molecule has 2 aromatic carbocycles. The van der Waals surface area contributed by atoms with Gasteiger partial charge in [-0.15, -0.1) is 0 Å². The number of nitrogens with one attached hydrogen (secondary N) is 1. The van der Waals surface area contributed by atoms with Crippen LogP contribution < -0.4 is 5.32 Å². The summed E-state index contributed by atoms with van der Waals surface area (Å²) in [5, 5.41) is 14.4. The highest BCUT2D eigenvalue weighted by Gasteiger charge is 2.18. The average molecular weight is 349 g/mol. The maximum Gasteiger partial charge on any atom is 0.272 e. The number of halogens is 1. The van der Waals surface area contributed by atoms with Crippen molar-refractivity contribution in [3.63, 3.8) is 0 Å². The first-order valence-corrected chi connectivity index (χ1v) is 7.48. The molecule has 1 unspecified atom stereocenters. The van der Waals surface area contributed by atoms with Crippen LogP contribution in [-0.4, -0.2) is 12.0 Å². The number of benzene rings is 2. The molecule has 0 bridgehead atoms. The van der Waals surface area contributed by atoms with Gasteiger partial charge >= 0.3 is 0 Å². The summed E-state index contributed by atoms with van der Waals surface area (Å²) in [6, 6.07) is 13.0. The molecule has 0 spiro atoms. The second-order valence-corrected chi connectivity index (χ2v) is 5.85. The van der Waals surface area contributed by atoms with Crippen molar-refractivity contribution in [2.75, 3.05) is 7.05 Å². The van der Waals surface area contributed by atoms with E-state index in [9.17, 15) is 10.1 Å². The lowest BCUT2D eigenvalue weighted by atomic mass is 9.95. The molecule has 4 nitrogen and oxygen atoms in total. The lowest BCUT2D eigenvalue weighted by Crippen LogP contribution is -2.20. The fourth-order valence-corrected chi connectivity index (χ4v) is 2.95. The van der Waals surface area contributed by atoms with Gasteiger partial charge in [-0.2, -0.15) is 0 Å². The molecule has 0 saturated heterocycles. The summed E-state index contributed by atoms with van der Waals surface area (Å²) in [4.78, 5) is 10.8. The lowest BCUT2D eigenvalue weighted by Gasteiger charge is -2.19. The molecule has 0 aromatic heterocycles. The Morgan fingerprint density at radius 1 is 1.29 bits per heavy atom. The van der Waals surface area contributed by atoms with E-state index >= 15 is 0 Å². The Morgan fingerprint density at radius 2 is 2.00 bits per heavy atom. The van der Waals surface area contributed by atoms with Gasteiger partial charge in [0.25, 0.3) is 5.69 Å². The molecule has 5 heteroatoms. The monoisotopic (exact) mass is 348 g/mol. The van der Waals surface area contributed by atoms with Crippen LogP contribution in [0.25, 0.3) is 0 Å². The van der Waals surface area contributed by atoms with E-state index in [0.717, 1.165) is 21.2 Å². The van der Waals surface area contributed by atoms with Crippen molar-refractivity contribution in [2.24, 2.45) is 0 Å². The average Bonchev–Trinajstić information content (AvgIpc) is 2.45. The molecule has 0 fully saturated rings. The van der Waals surface area contributed by atoms with Gasteiger partial charge < -0.3 is 5.32 Å². The summed E-state index contributed by atoms with van der Waals surface area (Å²) >= 11 is 3.46. The van der Waals surface area contributed by atoms with E-state index in [1.165, 1.54) is 0 Å². The largest absolute Gasteiger partial charge is 0.313 e. The molecule has 0 amide bonds. The van der Waals surface area contributed by atoms with Gasteiger partial charge in [-0.1, -0.05) is 40.2 Å². The van der Waals surface area contributed by atoms with Gasteiger partial charge in [0, 0.05) is 22.1 Å². The van der Waals surface area contributed by atoms with E-state index in [1.807, 2.05) is 32.2 Å². The fourth-order valence-electron chi connectivity index (χ4n) is 2.48. The van der Waals surface area contributed by atoms with Gasteiger partial charge in [0.1, 0.15) is 0 Å². The van der Waals surface area contributed by atoms with E-state index in [0.29, 0.717) is 6.42 Å². The minimum absolute atomic E-state index is 0.0409. The molecule has 2 rings (SSSR count). The van der Waals surface area contributed by atoms with Crippen LogP contribution in [-0.2, 0) is 6.42 Å². The van der Waals surface area contributed by atoms with Crippen LogP contribution in [0.4, 0.5) is 5.69 Å². The Bertz CT molecular complexity index is 658. The molecule has 0 aliphatic carbocycles. The molecule has 0 radical (unpaired) electrons. The molecule has 0 aliphatic rings. The summed E-state index contributed by atoms with van der Waals surface area (Å²) in [6.45, 7) is 2.05. The Kier molecular flexibility index (Phi) is 5.09. The van der Waals surface area contributed by atoms with Gasteiger partial charge in [0.2, 0.25) is 0 Å². The van der Waals surface area contributed by atoms with Crippen molar-refractivity contribution >= 4 is 21.6 Å². The summed E-state index contributed by atoms with van der Waals surface area (Å²) in [7, 11) is 1.88.